The van der Waals surface area contributed by atoms with E-state index in [0.29, 0.717) is 5.56 Å². The average molecular weight is 304 g/mol. The summed E-state index contributed by atoms with van der Waals surface area (Å²) in [5.74, 6) is -1.26. The third kappa shape index (κ3) is 4.71. The maximum absolute atomic E-state index is 13.0. The summed E-state index contributed by atoms with van der Waals surface area (Å²) in [6.45, 7) is 0. The summed E-state index contributed by atoms with van der Waals surface area (Å²) >= 11 is 0. The lowest BCUT2D eigenvalue weighted by atomic mass is 9.98. The summed E-state index contributed by atoms with van der Waals surface area (Å²) in [4.78, 5) is 11.5. The molecular weight excluding hydrogens is 286 g/mol. The number of benzene rings is 1. The Kier molecular flexibility index (Phi) is 6.33. The number of carbonyl (C=O) groups is 1. The molecule has 1 aromatic rings. The molecule has 0 radical (unpaired) electrons. The van der Waals surface area contributed by atoms with Gasteiger partial charge >= 0.3 is 13.6 Å². The molecule has 0 aliphatic heterocycles. The van der Waals surface area contributed by atoms with Crippen LogP contribution in [-0.4, -0.2) is 33.5 Å². The monoisotopic (exact) mass is 304 g/mol. The van der Waals surface area contributed by atoms with E-state index in [-0.39, 0.29) is 18.4 Å². The Bertz CT molecular complexity index is 480. The Hall–Kier alpha value is -1.23. The van der Waals surface area contributed by atoms with Crippen LogP contribution in [0.4, 0.5) is 4.39 Å². The van der Waals surface area contributed by atoms with Crippen molar-refractivity contribution in [3.05, 3.63) is 35.6 Å². The molecule has 0 fully saturated rings. The van der Waals surface area contributed by atoms with Crippen molar-refractivity contribution in [2.24, 2.45) is 0 Å². The van der Waals surface area contributed by atoms with Crippen LogP contribution in [0.25, 0.3) is 0 Å². The molecule has 0 saturated heterocycles. The van der Waals surface area contributed by atoms with Gasteiger partial charge < -0.3 is 13.8 Å². The number of hydrogen-bond acceptors (Lipinski definition) is 5. The van der Waals surface area contributed by atoms with E-state index in [9.17, 15) is 13.8 Å². The number of carbonyl (C=O) groups excluding carboxylic acids is 1. The van der Waals surface area contributed by atoms with E-state index in [2.05, 4.69) is 4.74 Å². The zero-order valence-electron chi connectivity index (χ0n) is 11.7. The highest BCUT2D eigenvalue weighted by molar-refractivity contribution is 7.53. The molecule has 0 saturated carbocycles. The van der Waals surface area contributed by atoms with Crippen LogP contribution in [0, 0.1) is 5.82 Å². The van der Waals surface area contributed by atoms with Crippen LogP contribution in [-0.2, 0) is 23.1 Å². The molecular formula is C13H18FO5P. The normalized spacial score (nSPS) is 13.0. The van der Waals surface area contributed by atoms with E-state index in [1.165, 1.54) is 33.5 Å². The van der Waals surface area contributed by atoms with E-state index < -0.39 is 19.5 Å². The SMILES string of the molecule is COC(=O)CC(CP(=O)(OC)OC)c1ccc(F)cc1. The minimum Gasteiger partial charge on any atom is -0.469 e. The van der Waals surface area contributed by atoms with Gasteiger partial charge in [0.25, 0.3) is 0 Å². The quantitative estimate of drug-likeness (QED) is 0.572. The molecule has 0 aliphatic rings. The molecule has 1 unspecified atom stereocenters. The van der Waals surface area contributed by atoms with E-state index >= 15 is 0 Å². The lowest BCUT2D eigenvalue weighted by molar-refractivity contribution is -0.140. The molecule has 0 spiro atoms. The summed E-state index contributed by atoms with van der Waals surface area (Å²) in [6.07, 6.45) is 0.0274. The van der Waals surface area contributed by atoms with Crippen LogP contribution >= 0.6 is 7.60 Å². The highest BCUT2D eigenvalue weighted by Gasteiger charge is 2.29. The van der Waals surface area contributed by atoms with E-state index in [4.69, 9.17) is 9.05 Å². The molecule has 0 aliphatic carbocycles. The fourth-order valence-corrected chi connectivity index (χ4v) is 3.13. The van der Waals surface area contributed by atoms with Gasteiger partial charge in [0.2, 0.25) is 0 Å². The maximum atomic E-state index is 13.0. The molecule has 1 rings (SSSR count). The van der Waals surface area contributed by atoms with Gasteiger partial charge in [0.15, 0.2) is 0 Å². The van der Waals surface area contributed by atoms with Gasteiger partial charge in [-0.25, -0.2) is 4.39 Å². The Labute approximate surface area is 117 Å². The smallest absolute Gasteiger partial charge is 0.330 e. The van der Waals surface area contributed by atoms with Crippen molar-refractivity contribution in [1.82, 2.24) is 0 Å². The van der Waals surface area contributed by atoms with Gasteiger partial charge in [-0.2, -0.15) is 0 Å². The van der Waals surface area contributed by atoms with Gasteiger partial charge in [0.1, 0.15) is 5.82 Å². The molecule has 5 nitrogen and oxygen atoms in total. The third-order valence-corrected chi connectivity index (χ3v) is 4.98. The van der Waals surface area contributed by atoms with Gasteiger partial charge in [0, 0.05) is 20.1 Å². The van der Waals surface area contributed by atoms with Crippen LogP contribution < -0.4 is 0 Å². The minimum absolute atomic E-state index is 0.0127. The Balaban J connectivity index is 2.99. The predicted molar refractivity (Wildman–Crippen MR) is 72.3 cm³/mol. The molecule has 0 heterocycles. The number of methoxy groups -OCH3 is 1. The molecule has 7 heteroatoms. The fraction of sp³-hybridized carbons (Fsp3) is 0.462. The molecule has 0 bridgehead atoms. The Morgan fingerprint density at radius 3 is 2.20 bits per heavy atom. The van der Waals surface area contributed by atoms with Crippen molar-refractivity contribution in [3.63, 3.8) is 0 Å². The van der Waals surface area contributed by atoms with Gasteiger partial charge in [-0.05, 0) is 17.7 Å². The first kappa shape index (κ1) is 16.8. The number of hydrogen-bond donors (Lipinski definition) is 0. The van der Waals surface area contributed by atoms with Crippen molar-refractivity contribution in [1.29, 1.82) is 0 Å². The lowest BCUT2D eigenvalue weighted by Gasteiger charge is -2.21. The van der Waals surface area contributed by atoms with Crippen molar-refractivity contribution < 1.29 is 27.5 Å². The molecule has 20 heavy (non-hydrogen) atoms. The zero-order chi connectivity index (χ0) is 15.2. The van der Waals surface area contributed by atoms with Crippen LogP contribution in [0.1, 0.15) is 17.9 Å². The Morgan fingerprint density at radius 2 is 1.75 bits per heavy atom. The van der Waals surface area contributed by atoms with E-state index in [1.54, 1.807) is 12.1 Å². The second-order valence-electron chi connectivity index (χ2n) is 4.19. The predicted octanol–water partition coefficient (Wildman–Crippen LogP) is 2.96. The van der Waals surface area contributed by atoms with Crippen LogP contribution in [0.15, 0.2) is 24.3 Å². The number of halogens is 1. The summed E-state index contributed by atoms with van der Waals surface area (Å²) in [6, 6.07) is 5.64. The van der Waals surface area contributed by atoms with Gasteiger partial charge in [-0.15, -0.1) is 0 Å². The molecule has 0 amide bonds. The number of rotatable bonds is 7. The molecule has 1 atom stereocenters. The van der Waals surface area contributed by atoms with Crippen LogP contribution in [0.5, 0.6) is 0 Å². The van der Waals surface area contributed by atoms with E-state index in [0.717, 1.165) is 0 Å². The lowest BCUT2D eigenvalue weighted by Crippen LogP contribution is -2.13. The van der Waals surface area contributed by atoms with Gasteiger partial charge in [-0.3, -0.25) is 9.36 Å². The van der Waals surface area contributed by atoms with Crippen molar-refractivity contribution in [2.45, 2.75) is 12.3 Å². The second kappa shape index (κ2) is 7.53. The number of ether oxygens (including phenoxy) is 1. The first-order chi connectivity index (χ1) is 9.44. The Morgan fingerprint density at radius 1 is 1.20 bits per heavy atom. The topological polar surface area (TPSA) is 61.8 Å². The van der Waals surface area contributed by atoms with Gasteiger partial charge in [0.05, 0.1) is 19.7 Å². The minimum atomic E-state index is -3.28. The summed E-state index contributed by atoms with van der Waals surface area (Å²) in [5.41, 5.74) is 0.672. The molecule has 0 N–H and O–H groups in total. The molecule has 1 aromatic carbocycles. The largest absolute Gasteiger partial charge is 0.469 e. The van der Waals surface area contributed by atoms with E-state index in [1.807, 2.05) is 0 Å². The fourth-order valence-electron chi connectivity index (χ4n) is 1.80. The van der Waals surface area contributed by atoms with Crippen molar-refractivity contribution in [2.75, 3.05) is 27.5 Å². The number of esters is 1. The third-order valence-electron chi connectivity index (χ3n) is 2.98. The maximum Gasteiger partial charge on any atom is 0.330 e. The average Bonchev–Trinajstić information content (AvgIpc) is 2.47. The van der Waals surface area contributed by atoms with Crippen molar-refractivity contribution >= 4 is 13.6 Å². The van der Waals surface area contributed by atoms with Crippen LogP contribution in [0.2, 0.25) is 0 Å². The van der Waals surface area contributed by atoms with Crippen LogP contribution in [0.3, 0.4) is 0 Å². The summed E-state index contributed by atoms with van der Waals surface area (Å²) in [5, 5.41) is 0. The van der Waals surface area contributed by atoms with Crippen molar-refractivity contribution in [3.8, 4) is 0 Å². The zero-order valence-corrected chi connectivity index (χ0v) is 12.6. The highest BCUT2D eigenvalue weighted by Crippen LogP contribution is 2.50. The standard InChI is InChI=1S/C13H18FO5P/c1-17-13(15)8-11(9-20(16,18-2)19-3)10-4-6-12(14)7-5-10/h4-7,11H,8-9H2,1-3H3. The highest BCUT2D eigenvalue weighted by atomic mass is 31.2. The first-order valence-electron chi connectivity index (χ1n) is 5.97. The second-order valence-corrected chi connectivity index (χ2v) is 6.50. The van der Waals surface area contributed by atoms with Gasteiger partial charge in [-0.1, -0.05) is 12.1 Å². The summed E-state index contributed by atoms with van der Waals surface area (Å²) in [7, 11) is 0.555. The molecule has 112 valence electrons. The molecule has 0 aromatic heterocycles. The first-order valence-corrected chi connectivity index (χ1v) is 7.69. The summed E-state index contributed by atoms with van der Waals surface area (Å²) < 4.78 is 39.5.